The number of carboxylic acid groups (broad SMARTS) is 1. The number of carboxylic acids is 1. The van der Waals surface area contributed by atoms with Crippen molar-refractivity contribution in [1.82, 2.24) is 9.55 Å². The smallest absolute Gasteiger partial charge is 0.303 e. The molecule has 5 heteroatoms. The highest BCUT2D eigenvalue weighted by Gasteiger charge is 2.08. The first-order valence-electron chi connectivity index (χ1n) is 8.95. The maximum atomic E-state index is 11.8. The fourth-order valence-electron chi connectivity index (χ4n) is 2.79. The zero-order valence-electron chi connectivity index (χ0n) is 14.6. The van der Waals surface area contributed by atoms with Crippen LogP contribution in [0.15, 0.2) is 43.0 Å². The average molecular weight is 342 g/mol. The average Bonchev–Trinajstić information content (AvgIpc) is 3.13. The maximum Gasteiger partial charge on any atom is 0.303 e. The van der Waals surface area contributed by atoms with Gasteiger partial charge in [0.1, 0.15) is 0 Å². The number of hydrogen-bond acceptors (Lipinski definition) is 3. The van der Waals surface area contributed by atoms with Crippen LogP contribution in [0, 0.1) is 0 Å². The topological polar surface area (TPSA) is 72.2 Å². The molecule has 0 aliphatic heterocycles. The summed E-state index contributed by atoms with van der Waals surface area (Å²) in [4.78, 5) is 26.4. The molecule has 2 rings (SSSR count). The van der Waals surface area contributed by atoms with Crippen LogP contribution >= 0.6 is 0 Å². The second-order valence-electron chi connectivity index (χ2n) is 6.33. The Bertz CT molecular complexity index is 648. The number of Topliss-reactive ketones (excluding diaryl/α,β-unsaturated/α-hetero) is 1. The molecule has 134 valence electrons. The first-order chi connectivity index (χ1) is 12.1. The van der Waals surface area contributed by atoms with E-state index in [-0.39, 0.29) is 18.6 Å². The predicted molar refractivity (Wildman–Crippen MR) is 96.7 cm³/mol. The molecule has 0 bridgehead atoms. The van der Waals surface area contributed by atoms with Crippen molar-refractivity contribution in [2.45, 2.75) is 57.9 Å². The Morgan fingerprint density at radius 3 is 2.36 bits per heavy atom. The van der Waals surface area contributed by atoms with Crippen LogP contribution in [-0.4, -0.2) is 26.4 Å². The molecule has 0 saturated carbocycles. The van der Waals surface area contributed by atoms with E-state index in [1.807, 2.05) is 43.0 Å². The minimum absolute atomic E-state index is 0.0632. The largest absolute Gasteiger partial charge is 0.481 e. The molecule has 0 aliphatic rings. The predicted octanol–water partition coefficient (Wildman–Crippen LogP) is 4.12. The molecule has 0 fully saturated rings. The summed E-state index contributed by atoms with van der Waals surface area (Å²) in [5, 5.41) is 8.62. The molecule has 25 heavy (non-hydrogen) atoms. The van der Waals surface area contributed by atoms with Crippen molar-refractivity contribution in [3.8, 4) is 0 Å². The molecule has 1 N–H and O–H groups in total. The van der Waals surface area contributed by atoms with E-state index in [1.165, 1.54) is 31.2 Å². The number of hydrogen-bond donors (Lipinski definition) is 1. The Balaban J connectivity index is 1.58. The monoisotopic (exact) mass is 342 g/mol. The zero-order valence-corrected chi connectivity index (χ0v) is 14.6. The molecule has 2 aromatic rings. The molecular weight excluding hydrogens is 316 g/mol. The summed E-state index contributed by atoms with van der Waals surface area (Å²) in [6.45, 7) is 1.04. The Labute approximate surface area is 148 Å². The van der Waals surface area contributed by atoms with Gasteiger partial charge in [0.15, 0.2) is 5.78 Å². The number of unbranched alkanes of at least 4 members (excludes halogenated alkanes) is 4. The number of imidazole rings is 1. The summed E-state index contributed by atoms with van der Waals surface area (Å²) in [6.07, 6.45) is 12.7. The van der Waals surface area contributed by atoms with E-state index in [9.17, 15) is 9.59 Å². The summed E-state index contributed by atoms with van der Waals surface area (Å²) in [5.74, 6) is -1.04. The lowest BCUT2D eigenvalue weighted by molar-refractivity contribution is -0.136. The molecule has 0 atom stereocenters. The summed E-state index contributed by atoms with van der Waals surface area (Å²) in [7, 11) is 0. The fraction of sp³-hybridized carbons (Fsp3) is 0.450. The lowest BCUT2D eigenvalue weighted by Crippen LogP contribution is -2.03. The van der Waals surface area contributed by atoms with Crippen molar-refractivity contribution in [2.24, 2.45) is 0 Å². The number of aromatic nitrogens is 2. The quantitative estimate of drug-likeness (QED) is 0.465. The molecule has 0 amide bonds. The normalized spacial score (nSPS) is 10.7. The second kappa shape index (κ2) is 10.4. The fourth-order valence-corrected chi connectivity index (χ4v) is 2.79. The van der Waals surface area contributed by atoms with Crippen molar-refractivity contribution < 1.29 is 14.7 Å². The van der Waals surface area contributed by atoms with Gasteiger partial charge in [-0.15, -0.1) is 0 Å². The van der Waals surface area contributed by atoms with Crippen LogP contribution < -0.4 is 0 Å². The van der Waals surface area contributed by atoms with Crippen LogP contribution in [-0.2, 0) is 17.8 Å². The molecule has 0 saturated heterocycles. The third-order valence-corrected chi connectivity index (χ3v) is 4.28. The Morgan fingerprint density at radius 1 is 0.960 bits per heavy atom. The second-order valence-corrected chi connectivity index (χ2v) is 6.33. The van der Waals surface area contributed by atoms with Gasteiger partial charge in [-0.25, -0.2) is 4.98 Å². The molecule has 1 aromatic carbocycles. The van der Waals surface area contributed by atoms with E-state index in [0.29, 0.717) is 5.56 Å². The Kier molecular flexibility index (Phi) is 7.89. The van der Waals surface area contributed by atoms with E-state index >= 15 is 0 Å². The highest BCUT2D eigenvalue weighted by Crippen LogP contribution is 2.12. The molecule has 5 nitrogen and oxygen atoms in total. The van der Waals surface area contributed by atoms with E-state index in [4.69, 9.17) is 5.11 Å². The lowest BCUT2D eigenvalue weighted by Gasteiger charge is -2.05. The van der Waals surface area contributed by atoms with Crippen LogP contribution in [0.2, 0.25) is 0 Å². The van der Waals surface area contributed by atoms with Gasteiger partial charge >= 0.3 is 5.97 Å². The number of rotatable bonds is 12. The van der Waals surface area contributed by atoms with Gasteiger partial charge in [0.2, 0.25) is 0 Å². The van der Waals surface area contributed by atoms with Crippen molar-refractivity contribution in [2.75, 3.05) is 0 Å². The standard InChI is InChI=1S/C20H26N2O3/c23-19(11-12-20(24)25)18-9-7-17(8-10-18)6-4-2-1-3-5-14-22-15-13-21-16-22/h7-10,13,15-16H,1-6,11-12,14H2,(H,24,25). The van der Waals surface area contributed by atoms with Crippen molar-refractivity contribution in [1.29, 1.82) is 0 Å². The van der Waals surface area contributed by atoms with Gasteiger partial charge in [0, 0.05) is 30.9 Å². The lowest BCUT2D eigenvalue weighted by atomic mass is 10.0. The van der Waals surface area contributed by atoms with Gasteiger partial charge in [-0.3, -0.25) is 9.59 Å². The molecule has 0 unspecified atom stereocenters. The first-order valence-corrected chi connectivity index (χ1v) is 8.95. The Morgan fingerprint density at radius 2 is 1.68 bits per heavy atom. The van der Waals surface area contributed by atoms with Crippen LogP contribution in [0.5, 0.6) is 0 Å². The molecule has 1 heterocycles. The summed E-state index contributed by atoms with van der Waals surface area (Å²) in [6, 6.07) is 7.58. The zero-order chi connectivity index (χ0) is 17.9. The minimum atomic E-state index is -0.935. The summed E-state index contributed by atoms with van der Waals surface area (Å²) < 4.78 is 2.11. The van der Waals surface area contributed by atoms with Gasteiger partial charge in [0.25, 0.3) is 0 Å². The molecule has 0 radical (unpaired) electrons. The number of aliphatic carboxylic acids is 1. The van der Waals surface area contributed by atoms with Gasteiger partial charge < -0.3 is 9.67 Å². The maximum absolute atomic E-state index is 11.8. The molecule has 1 aromatic heterocycles. The van der Waals surface area contributed by atoms with E-state index in [1.54, 1.807) is 0 Å². The minimum Gasteiger partial charge on any atom is -0.481 e. The van der Waals surface area contributed by atoms with Gasteiger partial charge in [0.05, 0.1) is 12.7 Å². The summed E-state index contributed by atoms with van der Waals surface area (Å²) in [5.41, 5.74) is 1.83. The number of benzene rings is 1. The highest BCUT2D eigenvalue weighted by molar-refractivity contribution is 5.97. The van der Waals surface area contributed by atoms with Crippen molar-refractivity contribution in [3.05, 3.63) is 54.1 Å². The number of ketones is 1. The SMILES string of the molecule is O=C(O)CCC(=O)c1ccc(CCCCCCCn2ccnc2)cc1. The number of nitrogens with zero attached hydrogens (tertiary/aromatic N) is 2. The van der Waals surface area contributed by atoms with E-state index < -0.39 is 5.97 Å². The number of aryl methyl sites for hydroxylation is 2. The van der Waals surface area contributed by atoms with Crippen LogP contribution in [0.25, 0.3) is 0 Å². The highest BCUT2D eigenvalue weighted by atomic mass is 16.4. The van der Waals surface area contributed by atoms with E-state index in [2.05, 4.69) is 9.55 Å². The van der Waals surface area contributed by atoms with Crippen molar-refractivity contribution >= 4 is 11.8 Å². The van der Waals surface area contributed by atoms with Gasteiger partial charge in [-0.2, -0.15) is 0 Å². The number of carbonyl (C=O) groups is 2. The van der Waals surface area contributed by atoms with Gasteiger partial charge in [-0.1, -0.05) is 43.5 Å². The molecule has 0 aliphatic carbocycles. The third kappa shape index (κ3) is 7.33. The van der Waals surface area contributed by atoms with Crippen LogP contribution in [0.4, 0.5) is 0 Å². The number of carbonyl (C=O) groups excluding carboxylic acids is 1. The molecular formula is C20H26N2O3. The molecule has 0 spiro atoms. The van der Waals surface area contributed by atoms with E-state index in [0.717, 1.165) is 19.4 Å². The van der Waals surface area contributed by atoms with Gasteiger partial charge in [-0.05, 0) is 24.8 Å². The first kappa shape index (κ1) is 18.9. The summed E-state index contributed by atoms with van der Waals surface area (Å²) >= 11 is 0. The van der Waals surface area contributed by atoms with Crippen molar-refractivity contribution in [3.63, 3.8) is 0 Å². The van der Waals surface area contributed by atoms with Crippen LogP contribution in [0.1, 0.15) is 60.9 Å². The third-order valence-electron chi connectivity index (χ3n) is 4.28. The Hall–Kier alpha value is -2.43. The van der Waals surface area contributed by atoms with Crippen LogP contribution in [0.3, 0.4) is 0 Å².